The Morgan fingerprint density at radius 1 is 1.40 bits per heavy atom. The summed E-state index contributed by atoms with van der Waals surface area (Å²) in [5, 5.41) is 19.8. The first-order valence-corrected chi connectivity index (χ1v) is 7.55. The number of hydrogen-bond donors (Lipinski definition) is 1. The van der Waals surface area contributed by atoms with Gasteiger partial charge in [0.1, 0.15) is 5.82 Å². The monoisotopic (exact) mass is 309 g/mol. The van der Waals surface area contributed by atoms with Gasteiger partial charge in [0, 0.05) is 17.3 Å². The summed E-state index contributed by atoms with van der Waals surface area (Å²) >= 11 is 7.30. The molecule has 0 spiro atoms. The molecular formula is C14H16ClN3OS. The Morgan fingerprint density at radius 2 is 2.10 bits per heavy atom. The van der Waals surface area contributed by atoms with Gasteiger partial charge in [0.15, 0.2) is 5.16 Å². The second kappa shape index (κ2) is 6.92. The Hall–Kier alpha value is -1.30. The summed E-state index contributed by atoms with van der Waals surface area (Å²) in [6.45, 7) is 6.29. The van der Waals surface area contributed by atoms with Crippen molar-refractivity contribution in [3.8, 4) is 0 Å². The zero-order valence-corrected chi connectivity index (χ0v) is 12.7. The lowest BCUT2D eigenvalue weighted by molar-refractivity contribution is 0.204. The van der Waals surface area contributed by atoms with Crippen LogP contribution in [-0.4, -0.2) is 25.6 Å². The number of hydrogen-bond acceptors (Lipinski definition) is 4. The van der Waals surface area contributed by atoms with E-state index in [0.717, 1.165) is 16.5 Å². The molecule has 1 heterocycles. The van der Waals surface area contributed by atoms with Gasteiger partial charge in [-0.1, -0.05) is 41.6 Å². The van der Waals surface area contributed by atoms with Crippen molar-refractivity contribution in [3.63, 3.8) is 0 Å². The Kier molecular flexibility index (Phi) is 5.23. The average molecular weight is 310 g/mol. The van der Waals surface area contributed by atoms with Crippen LogP contribution in [-0.2, 0) is 6.54 Å². The molecular weight excluding hydrogens is 294 g/mol. The summed E-state index contributed by atoms with van der Waals surface area (Å²) < 4.78 is 1.96. The fraction of sp³-hybridized carbons (Fsp3) is 0.286. The second-order valence-corrected chi connectivity index (χ2v) is 5.73. The van der Waals surface area contributed by atoms with Gasteiger partial charge < -0.3 is 9.67 Å². The molecule has 1 atom stereocenters. The molecule has 0 aliphatic heterocycles. The van der Waals surface area contributed by atoms with E-state index in [1.807, 2.05) is 23.6 Å². The van der Waals surface area contributed by atoms with E-state index < -0.39 is 6.10 Å². The summed E-state index contributed by atoms with van der Waals surface area (Å²) in [7, 11) is 0. The second-order valence-electron chi connectivity index (χ2n) is 4.31. The first-order chi connectivity index (χ1) is 9.61. The summed E-state index contributed by atoms with van der Waals surface area (Å²) in [6, 6.07) is 7.20. The average Bonchev–Trinajstić information content (AvgIpc) is 2.79. The van der Waals surface area contributed by atoms with Crippen LogP contribution in [0.5, 0.6) is 0 Å². The number of aliphatic hydroxyl groups is 1. The van der Waals surface area contributed by atoms with Crippen LogP contribution in [0, 0.1) is 6.92 Å². The predicted octanol–water partition coefficient (Wildman–Crippen LogP) is 3.25. The molecule has 0 bridgehead atoms. The third-order valence-corrected chi connectivity index (χ3v) is 4.13. The maximum absolute atomic E-state index is 10.2. The molecule has 0 amide bonds. The molecule has 0 aliphatic carbocycles. The van der Waals surface area contributed by atoms with E-state index in [1.54, 1.807) is 18.2 Å². The zero-order chi connectivity index (χ0) is 14.5. The van der Waals surface area contributed by atoms with Gasteiger partial charge in [-0.25, -0.2) is 0 Å². The van der Waals surface area contributed by atoms with Crippen molar-refractivity contribution >= 4 is 23.4 Å². The van der Waals surface area contributed by atoms with Crippen LogP contribution >= 0.6 is 23.4 Å². The van der Waals surface area contributed by atoms with Crippen molar-refractivity contribution in [3.05, 3.63) is 53.3 Å². The van der Waals surface area contributed by atoms with Crippen molar-refractivity contribution in [2.24, 2.45) is 0 Å². The molecule has 2 rings (SSSR count). The number of halogens is 1. The first-order valence-electron chi connectivity index (χ1n) is 6.19. The summed E-state index contributed by atoms with van der Waals surface area (Å²) in [4.78, 5) is 0. The minimum absolute atomic E-state index is 0.511. The molecule has 1 unspecified atom stereocenters. The minimum Gasteiger partial charge on any atom is -0.388 e. The van der Waals surface area contributed by atoms with E-state index in [0.29, 0.717) is 17.3 Å². The summed E-state index contributed by atoms with van der Waals surface area (Å²) in [6.07, 6.45) is 1.24. The quantitative estimate of drug-likeness (QED) is 0.657. The molecule has 6 heteroatoms. The summed E-state index contributed by atoms with van der Waals surface area (Å²) in [5.74, 6) is 1.35. The molecule has 0 saturated heterocycles. The van der Waals surface area contributed by atoms with Crippen LogP contribution in [0.15, 0.2) is 42.1 Å². The number of aryl methyl sites for hydroxylation is 1. The molecule has 0 aliphatic rings. The maximum Gasteiger partial charge on any atom is 0.191 e. The molecule has 106 valence electrons. The van der Waals surface area contributed by atoms with E-state index in [-0.39, 0.29) is 0 Å². The van der Waals surface area contributed by atoms with Crippen molar-refractivity contribution < 1.29 is 5.11 Å². The van der Waals surface area contributed by atoms with Gasteiger partial charge in [-0.15, -0.1) is 16.8 Å². The van der Waals surface area contributed by atoms with Crippen LogP contribution < -0.4 is 0 Å². The van der Waals surface area contributed by atoms with E-state index in [1.165, 1.54) is 11.8 Å². The molecule has 1 N–H and O–H groups in total. The highest BCUT2D eigenvalue weighted by Crippen LogP contribution is 2.24. The van der Waals surface area contributed by atoms with Gasteiger partial charge in [-0.05, 0) is 24.6 Å². The van der Waals surface area contributed by atoms with Gasteiger partial charge in [-0.2, -0.15) is 0 Å². The molecule has 20 heavy (non-hydrogen) atoms. The largest absolute Gasteiger partial charge is 0.388 e. The van der Waals surface area contributed by atoms with Gasteiger partial charge in [0.25, 0.3) is 0 Å². The number of nitrogens with zero attached hydrogens (tertiary/aromatic N) is 3. The van der Waals surface area contributed by atoms with Crippen LogP contribution in [0.4, 0.5) is 0 Å². The third kappa shape index (κ3) is 3.62. The van der Waals surface area contributed by atoms with Gasteiger partial charge in [-0.3, -0.25) is 0 Å². The van der Waals surface area contributed by atoms with Crippen molar-refractivity contribution in [2.75, 3.05) is 5.75 Å². The molecule has 2 aromatic rings. The number of rotatable bonds is 6. The Labute approximate surface area is 127 Å². The lowest BCUT2D eigenvalue weighted by Gasteiger charge is -2.11. The van der Waals surface area contributed by atoms with E-state index in [2.05, 4.69) is 16.8 Å². The Bertz CT molecular complexity index is 583. The molecule has 1 aromatic heterocycles. The summed E-state index contributed by atoms with van der Waals surface area (Å²) in [5.41, 5.74) is 0.841. The molecule has 4 nitrogen and oxygen atoms in total. The number of aliphatic hydroxyl groups excluding tert-OH is 1. The van der Waals surface area contributed by atoms with Crippen LogP contribution in [0.3, 0.4) is 0 Å². The van der Waals surface area contributed by atoms with Crippen LogP contribution in [0.25, 0.3) is 0 Å². The number of aromatic nitrogens is 3. The van der Waals surface area contributed by atoms with Crippen molar-refractivity contribution in [2.45, 2.75) is 24.7 Å². The number of allylic oxidation sites excluding steroid dienone is 1. The van der Waals surface area contributed by atoms with Crippen molar-refractivity contribution in [1.29, 1.82) is 0 Å². The highest BCUT2D eigenvalue weighted by atomic mass is 35.5. The maximum atomic E-state index is 10.2. The van der Waals surface area contributed by atoms with Crippen LogP contribution in [0.1, 0.15) is 17.5 Å². The zero-order valence-electron chi connectivity index (χ0n) is 11.2. The highest BCUT2D eigenvalue weighted by Gasteiger charge is 2.12. The fourth-order valence-corrected chi connectivity index (χ4v) is 2.83. The Morgan fingerprint density at radius 3 is 2.75 bits per heavy atom. The third-order valence-electron chi connectivity index (χ3n) is 2.84. The topological polar surface area (TPSA) is 50.9 Å². The smallest absolute Gasteiger partial charge is 0.191 e. The van der Waals surface area contributed by atoms with Gasteiger partial charge in [0.05, 0.1) is 6.10 Å². The number of benzene rings is 1. The molecule has 0 saturated carbocycles. The lowest BCUT2D eigenvalue weighted by atomic mass is 10.1. The number of thioether (sulfide) groups is 1. The predicted molar refractivity (Wildman–Crippen MR) is 82.1 cm³/mol. The SMILES string of the molecule is C=CCn1c(C)nnc1SCC(O)c1ccc(Cl)cc1. The molecule has 1 aromatic carbocycles. The van der Waals surface area contributed by atoms with Gasteiger partial charge in [0.2, 0.25) is 0 Å². The Balaban J connectivity index is 2.01. The molecule has 0 fully saturated rings. The molecule has 0 radical (unpaired) electrons. The van der Waals surface area contributed by atoms with E-state index in [9.17, 15) is 5.11 Å². The lowest BCUT2D eigenvalue weighted by Crippen LogP contribution is -2.04. The normalized spacial score (nSPS) is 12.3. The minimum atomic E-state index is -0.563. The fourth-order valence-electron chi connectivity index (χ4n) is 1.74. The van der Waals surface area contributed by atoms with Gasteiger partial charge >= 0.3 is 0 Å². The van der Waals surface area contributed by atoms with E-state index in [4.69, 9.17) is 11.6 Å². The highest BCUT2D eigenvalue weighted by molar-refractivity contribution is 7.99. The standard InChI is InChI=1S/C14H16ClN3OS/c1-3-8-18-10(2)16-17-14(18)20-9-13(19)11-4-6-12(15)7-5-11/h3-7,13,19H,1,8-9H2,2H3. The van der Waals surface area contributed by atoms with Crippen molar-refractivity contribution in [1.82, 2.24) is 14.8 Å². The van der Waals surface area contributed by atoms with E-state index >= 15 is 0 Å². The van der Waals surface area contributed by atoms with Crippen LogP contribution in [0.2, 0.25) is 5.02 Å². The first kappa shape index (κ1) is 15.1.